The third-order valence-electron chi connectivity index (χ3n) is 4.11. The van der Waals surface area contributed by atoms with Gasteiger partial charge in [-0.1, -0.05) is 42.5 Å². The van der Waals surface area contributed by atoms with Crippen LogP contribution in [-0.4, -0.2) is 23.8 Å². The molecule has 0 aromatic heterocycles. The van der Waals surface area contributed by atoms with Crippen molar-refractivity contribution in [1.82, 2.24) is 4.90 Å². The molecule has 1 aliphatic rings. The minimum absolute atomic E-state index is 0.0592. The first-order valence-corrected chi connectivity index (χ1v) is 7.81. The van der Waals surface area contributed by atoms with Crippen LogP contribution in [0.3, 0.4) is 0 Å². The van der Waals surface area contributed by atoms with Gasteiger partial charge in [0.1, 0.15) is 0 Å². The average molecular weight is 308 g/mol. The van der Waals surface area contributed by atoms with E-state index in [2.05, 4.69) is 5.32 Å². The van der Waals surface area contributed by atoms with E-state index < -0.39 is 0 Å². The number of nitrogens with one attached hydrogen (secondary N) is 1. The van der Waals surface area contributed by atoms with Crippen LogP contribution in [0.15, 0.2) is 48.5 Å². The predicted octanol–water partition coefficient (Wildman–Crippen LogP) is 2.77. The molecule has 4 nitrogen and oxygen atoms in total. The summed E-state index contributed by atoms with van der Waals surface area (Å²) in [6.07, 6.45) is 1.63. The molecule has 0 atom stereocenters. The van der Waals surface area contributed by atoms with E-state index in [0.29, 0.717) is 19.4 Å². The number of anilines is 1. The van der Waals surface area contributed by atoms with Crippen LogP contribution in [0, 0.1) is 0 Å². The summed E-state index contributed by atoms with van der Waals surface area (Å²) in [6, 6.07) is 15.8. The first-order chi connectivity index (χ1) is 11.1. The Bertz CT molecular complexity index is 725. The van der Waals surface area contributed by atoms with Crippen LogP contribution in [0.5, 0.6) is 0 Å². The van der Waals surface area contributed by atoms with Crippen molar-refractivity contribution in [2.45, 2.75) is 25.8 Å². The van der Waals surface area contributed by atoms with Gasteiger partial charge in [-0.2, -0.15) is 0 Å². The first kappa shape index (κ1) is 15.3. The summed E-state index contributed by atoms with van der Waals surface area (Å²) in [5.41, 5.74) is 4.09. The number of hydrogen-bond acceptors (Lipinski definition) is 2. The molecule has 118 valence electrons. The molecule has 0 bridgehead atoms. The lowest BCUT2D eigenvalue weighted by Crippen LogP contribution is -2.27. The summed E-state index contributed by atoms with van der Waals surface area (Å²) in [5.74, 6) is 0.151. The van der Waals surface area contributed by atoms with E-state index in [0.717, 1.165) is 28.8 Å². The lowest BCUT2D eigenvalue weighted by Gasteiger charge is -2.19. The van der Waals surface area contributed by atoms with Crippen molar-refractivity contribution < 1.29 is 9.59 Å². The van der Waals surface area contributed by atoms with Gasteiger partial charge in [-0.05, 0) is 29.2 Å². The first-order valence-electron chi connectivity index (χ1n) is 7.81. The van der Waals surface area contributed by atoms with Crippen molar-refractivity contribution in [1.29, 1.82) is 0 Å². The van der Waals surface area contributed by atoms with Crippen LogP contribution in [0.25, 0.3) is 0 Å². The molecular formula is C19H20N2O2. The summed E-state index contributed by atoms with van der Waals surface area (Å²) in [4.78, 5) is 25.5. The number of amides is 2. The van der Waals surface area contributed by atoms with Crippen LogP contribution in [0.2, 0.25) is 0 Å². The average Bonchev–Trinajstić information content (AvgIpc) is 2.56. The van der Waals surface area contributed by atoms with Gasteiger partial charge in [-0.15, -0.1) is 0 Å². The number of fused-ring (bicyclic) bond motifs is 1. The highest BCUT2D eigenvalue weighted by Crippen LogP contribution is 2.24. The normalized spacial score (nSPS) is 13.2. The van der Waals surface area contributed by atoms with Gasteiger partial charge in [-0.25, -0.2) is 0 Å². The second-order valence-corrected chi connectivity index (χ2v) is 5.95. The smallest absolute Gasteiger partial charge is 0.227 e. The minimum Gasteiger partial charge on any atom is -0.341 e. The highest BCUT2D eigenvalue weighted by atomic mass is 16.2. The molecule has 0 spiro atoms. The number of aryl methyl sites for hydroxylation is 1. The maximum Gasteiger partial charge on any atom is 0.227 e. The van der Waals surface area contributed by atoms with Gasteiger partial charge in [0.25, 0.3) is 0 Å². The Kier molecular flexibility index (Phi) is 4.42. The van der Waals surface area contributed by atoms with Crippen molar-refractivity contribution in [3.63, 3.8) is 0 Å². The highest BCUT2D eigenvalue weighted by Gasteiger charge is 2.16. The molecule has 0 saturated carbocycles. The van der Waals surface area contributed by atoms with Gasteiger partial charge in [-0.3, -0.25) is 9.59 Å². The third kappa shape index (κ3) is 3.77. The second kappa shape index (κ2) is 6.65. The lowest BCUT2D eigenvalue weighted by atomic mass is 9.99. The van der Waals surface area contributed by atoms with E-state index in [1.807, 2.05) is 55.6 Å². The molecule has 23 heavy (non-hydrogen) atoms. The molecule has 2 aromatic carbocycles. The molecule has 0 fully saturated rings. The minimum atomic E-state index is 0.0592. The van der Waals surface area contributed by atoms with Crippen molar-refractivity contribution >= 4 is 17.5 Å². The van der Waals surface area contributed by atoms with Gasteiger partial charge in [0.2, 0.25) is 11.8 Å². The number of nitrogens with zero attached hydrogens (tertiary/aromatic N) is 1. The summed E-state index contributed by atoms with van der Waals surface area (Å²) in [5, 5.41) is 2.86. The quantitative estimate of drug-likeness (QED) is 0.944. The van der Waals surface area contributed by atoms with Crippen LogP contribution in [-0.2, 0) is 29.0 Å². The van der Waals surface area contributed by atoms with Gasteiger partial charge >= 0.3 is 0 Å². The van der Waals surface area contributed by atoms with Crippen molar-refractivity contribution in [3.05, 3.63) is 65.2 Å². The van der Waals surface area contributed by atoms with E-state index in [9.17, 15) is 9.59 Å². The summed E-state index contributed by atoms with van der Waals surface area (Å²) < 4.78 is 0. The Morgan fingerprint density at radius 1 is 1.09 bits per heavy atom. The number of likely N-dealkylation sites (N-methyl/N-ethyl adjacent to an activating group) is 1. The Labute approximate surface area is 136 Å². The van der Waals surface area contributed by atoms with Crippen molar-refractivity contribution in [3.8, 4) is 0 Å². The largest absolute Gasteiger partial charge is 0.341 e. The van der Waals surface area contributed by atoms with Crippen LogP contribution >= 0.6 is 0 Å². The number of benzene rings is 2. The predicted molar refractivity (Wildman–Crippen MR) is 90.0 cm³/mol. The van der Waals surface area contributed by atoms with E-state index in [4.69, 9.17) is 0 Å². The summed E-state index contributed by atoms with van der Waals surface area (Å²) in [7, 11) is 1.83. The second-order valence-electron chi connectivity index (χ2n) is 5.95. The fourth-order valence-electron chi connectivity index (χ4n) is 2.80. The van der Waals surface area contributed by atoms with Gasteiger partial charge in [0.15, 0.2) is 0 Å². The Morgan fingerprint density at radius 3 is 2.65 bits per heavy atom. The van der Waals surface area contributed by atoms with E-state index in [1.54, 1.807) is 4.90 Å². The van der Waals surface area contributed by atoms with E-state index >= 15 is 0 Å². The molecule has 4 heteroatoms. The highest BCUT2D eigenvalue weighted by molar-refractivity contribution is 5.94. The standard InChI is InChI=1S/C19H20N2O2/c1-21(13-14-5-3-2-4-6-14)19(23)12-15-7-9-17-16(11-15)8-10-18(22)20-17/h2-7,9,11H,8,10,12-13H2,1H3,(H,20,22). The molecule has 2 aromatic rings. The van der Waals surface area contributed by atoms with E-state index in [1.165, 1.54) is 0 Å². The molecule has 1 aliphatic heterocycles. The summed E-state index contributed by atoms with van der Waals surface area (Å²) >= 11 is 0. The number of hydrogen-bond donors (Lipinski definition) is 1. The topological polar surface area (TPSA) is 49.4 Å². The van der Waals surface area contributed by atoms with Crippen molar-refractivity contribution in [2.75, 3.05) is 12.4 Å². The zero-order valence-corrected chi connectivity index (χ0v) is 13.2. The zero-order valence-electron chi connectivity index (χ0n) is 13.2. The molecule has 1 heterocycles. The van der Waals surface area contributed by atoms with Crippen LogP contribution in [0.4, 0.5) is 5.69 Å². The molecular weight excluding hydrogens is 288 g/mol. The van der Waals surface area contributed by atoms with Gasteiger partial charge < -0.3 is 10.2 Å². The molecule has 3 rings (SSSR count). The molecule has 0 saturated heterocycles. The van der Waals surface area contributed by atoms with E-state index in [-0.39, 0.29) is 11.8 Å². The third-order valence-corrected chi connectivity index (χ3v) is 4.11. The fraction of sp³-hybridized carbons (Fsp3) is 0.263. The SMILES string of the molecule is CN(Cc1ccccc1)C(=O)Cc1ccc2c(c1)CCC(=O)N2. The van der Waals surface area contributed by atoms with Gasteiger partial charge in [0, 0.05) is 25.7 Å². The Balaban J connectivity index is 1.64. The molecule has 0 aliphatic carbocycles. The van der Waals surface area contributed by atoms with Crippen molar-refractivity contribution in [2.24, 2.45) is 0 Å². The van der Waals surface area contributed by atoms with Gasteiger partial charge in [0.05, 0.1) is 6.42 Å². The monoisotopic (exact) mass is 308 g/mol. The lowest BCUT2D eigenvalue weighted by molar-refractivity contribution is -0.129. The molecule has 2 amide bonds. The molecule has 0 radical (unpaired) electrons. The van der Waals surface area contributed by atoms with Crippen LogP contribution in [0.1, 0.15) is 23.1 Å². The fourth-order valence-corrected chi connectivity index (χ4v) is 2.80. The Morgan fingerprint density at radius 2 is 1.87 bits per heavy atom. The number of carbonyl (C=O) groups is 2. The molecule has 1 N–H and O–H groups in total. The maximum atomic E-state index is 12.4. The Hall–Kier alpha value is -2.62. The number of carbonyl (C=O) groups excluding carboxylic acids is 2. The molecule has 0 unspecified atom stereocenters. The zero-order chi connectivity index (χ0) is 16.2. The van der Waals surface area contributed by atoms with Crippen LogP contribution < -0.4 is 5.32 Å². The summed E-state index contributed by atoms with van der Waals surface area (Å²) in [6.45, 7) is 0.612. The maximum absolute atomic E-state index is 12.4. The number of rotatable bonds is 4.